The molecule has 3 rings (SSSR count). The van der Waals surface area contributed by atoms with Crippen LogP contribution < -0.4 is 0 Å². The number of rotatable bonds is 3. The van der Waals surface area contributed by atoms with E-state index in [0.717, 1.165) is 16.7 Å². The number of imidazole rings is 1. The first kappa shape index (κ1) is 20.4. The van der Waals surface area contributed by atoms with Crippen molar-refractivity contribution in [3.8, 4) is 0 Å². The van der Waals surface area contributed by atoms with Crippen LogP contribution in [-0.2, 0) is 22.1 Å². The largest absolute Gasteiger partial charge is 0.469 e. The lowest BCUT2D eigenvalue weighted by Gasteiger charge is -2.30. The van der Waals surface area contributed by atoms with Crippen molar-refractivity contribution in [1.82, 2.24) is 14.3 Å². The first-order chi connectivity index (χ1) is 13.2. The lowest BCUT2D eigenvalue weighted by molar-refractivity contribution is -0.146. The van der Waals surface area contributed by atoms with Crippen molar-refractivity contribution in [3.63, 3.8) is 0 Å². The molecule has 1 fully saturated rings. The van der Waals surface area contributed by atoms with Crippen LogP contribution in [0.4, 0.5) is 13.2 Å². The number of carbonyl (C=O) groups is 2. The standard InChI is InChI=1S/C18H19ClF3N3O3/c1-3-13-14(16(26)24-6-4-10(5-7-24)17(27)28-2)25-9-11(18(20,21)22)8-12(19)15(25)23-13/h8-10H,3-7H2,1-2H3. The summed E-state index contributed by atoms with van der Waals surface area (Å²) in [5.41, 5.74) is -0.397. The molecule has 0 bridgehead atoms. The molecule has 0 saturated carbocycles. The van der Waals surface area contributed by atoms with Gasteiger partial charge in [-0.3, -0.25) is 14.0 Å². The summed E-state index contributed by atoms with van der Waals surface area (Å²) in [5.74, 6) is -1.03. The second kappa shape index (κ2) is 7.62. The molecule has 2 aromatic heterocycles. The topological polar surface area (TPSA) is 63.9 Å². The summed E-state index contributed by atoms with van der Waals surface area (Å²) in [6.45, 7) is 2.38. The number of alkyl halides is 3. The van der Waals surface area contributed by atoms with Crippen LogP contribution in [0.25, 0.3) is 5.65 Å². The maximum atomic E-state index is 13.2. The van der Waals surface area contributed by atoms with Crippen LogP contribution in [0.15, 0.2) is 12.3 Å². The van der Waals surface area contributed by atoms with E-state index in [-0.39, 0.29) is 28.3 Å². The highest BCUT2D eigenvalue weighted by Gasteiger charge is 2.34. The number of fused-ring (bicyclic) bond motifs is 1. The third kappa shape index (κ3) is 3.67. The molecule has 0 spiro atoms. The number of nitrogens with zero attached hydrogens (tertiary/aromatic N) is 3. The number of halogens is 4. The van der Waals surface area contributed by atoms with Crippen molar-refractivity contribution in [2.45, 2.75) is 32.4 Å². The third-order valence-corrected chi connectivity index (χ3v) is 5.21. The van der Waals surface area contributed by atoms with Crippen LogP contribution >= 0.6 is 11.6 Å². The summed E-state index contributed by atoms with van der Waals surface area (Å²) in [6.07, 6.45) is -2.52. The summed E-state index contributed by atoms with van der Waals surface area (Å²) in [7, 11) is 1.31. The van der Waals surface area contributed by atoms with Gasteiger partial charge >= 0.3 is 12.1 Å². The predicted molar refractivity (Wildman–Crippen MR) is 95.2 cm³/mol. The molecule has 0 N–H and O–H groups in total. The highest BCUT2D eigenvalue weighted by molar-refractivity contribution is 6.33. The molecule has 6 nitrogen and oxygen atoms in total. The van der Waals surface area contributed by atoms with Gasteiger partial charge in [-0.05, 0) is 25.3 Å². The Labute approximate surface area is 164 Å². The molecular formula is C18H19ClF3N3O3. The van der Waals surface area contributed by atoms with Crippen LogP contribution in [0.2, 0.25) is 5.02 Å². The zero-order valence-electron chi connectivity index (χ0n) is 15.3. The number of hydrogen-bond acceptors (Lipinski definition) is 4. The molecule has 152 valence electrons. The molecule has 0 aromatic carbocycles. The van der Waals surface area contributed by atoms with Gasteiger partial charge in [-0.15, -0.1) is 0 Å². The van der Waals surface area contributed by atoms with Crippen molar-refractivity contribution in [3.05, 3.63) is 34.2 Å². The maximum absolute atomic E-state index is 13.2. The summed E-state index contributed by atoms with van der Waals surface area (Å²) >= 11 is 6.01. The van der Waals surface area contributed by atoms with Gasteiger partial charge in [0, 0.05) is 19.3 Å². The summed E-state index contributed by atoms with van der Waals surface area (Å²) in [5, 5.41) is -0.173. The molecular weight excluding hydrogens is 399 g/mol. The van der Waals surface area contributed by atoms with Gasteiger partial charge < -0.3 is 9.64 Å². The number of esters is 1. The Balaban J connectivity index is 1.99. The molecule has 1 aliphatic heterocycles. The van der Waals surface area contributed by atoms with Gasteiger partial charge in [0.25, 0.3) is 5.91 Å². The van der Waals surface area contributed by atoms with E-state index in [1.165, 1.54) is 12.0 Å². The average Bonchev–Trinajstić information content (AvgIpc) is 3.05. The number of amides is 1. The van der Waals surface area contributed by atoms with E-state index in [2.05, 4.69) is 4.98 Å². The highest BCUT2D eigenvalue weighted by Crippen LogP contribution is 2.33. The number of piperidine rings is 1. The Bertz CT molecular complexity index is 918. The Morgan fingerprint density at radius 2 is 1.96 bits per heavy atom. The smallest absolute Gasteiger partial charge is 0.417 e. The van der Waals surface area contributed by atoms with Crippen molar-refractivity contribution < 1.29 is 27.5 Å². The molecule has 0 radical (unpaired) electrons. The molecule has 0 unspecified atom stereocenters. The number of likely N-dealkylation sites (tertiary alicyclic amines) is 1. The van der Waals surface area contributed by atoms with Crippen molar-refractivity contribution in [2.24, 2.45) is 5.92 Å². The minimum atomic E-state index is -4.60. The van der Waals surface area contributed by atoms with Gasteiger partial charge in [0.15, 0.2) is 5.65 Å². The fourth-order valence-electron chi connectivity index (χ4n) is 3.41. The van der Waals surface area contributed by atoms with Crippen molar-refractivity contribution in [2.75, 3.05) is 20.2 Å². The van der Waals surface area contributed by atoms with Gasteiger partial charge in [-0.1, -0.05) is 18.5 Å². The number of aryl methyl sites for hydroxylation is 1. The molecule has 3 heterocycles. The monoisotopic (exact) mass is 417 g/mol. The van der Waals surface area contributed by atoms with Crippen LogP contribution in [0, 0.1) is 5.92 Å². The van der Waals surface area contributed by atoms with Gasteiger partial charge in [-0.25, -0.2) is 4.98 Å². The number of methoxy groups -OCH3 is 1. The normalized spacial score (nSPS) is 15.9. The second-order valence-corrected chi connectivity index (χ2v) is 7.03. The Morgan fingerprint density at radius 1 is 1.32 bits per heavy atom. The Hall–Kier alpha value is -2.29. The van der Waals surface area contributed by atoms with E-state index in [9.17, 15) is 22.8 Å². The van der Waals surface area contributed by atoms with E-state index in [4.69, 9.17) is 16.3 Å². The molecule has 10 heteroatoms. The predicted octanol–water partition coefficient (Wildman–Crippen LogP) is 3.59. The van der Waals surface area contributed by atoms with Gasteiger partial charge in [0.1, 0.15) is 5.69 Å². The summed E-state index contributed by atoms with van der Waals surface area (Å²) < 4.78 is 45.4. The number of carbonyl (C=O) groups excluding carboxylic acids is 2. The molecule has 0 atom stereocenters. The Kier molecular flexibility index (Phi) is 5.56. The SMILES string of the molecule is CCc1nc2c(Cl)cc(C(F)(F)F)cn2c1C(=O)N1CCC(C(=O)OC)CC1. The van der Waals surface area contributed by atoms with Gasteiger partial charge in [-0.2, -0.15) is 13.2 Å². The van der Waals surface area contributed by atoms with Crippen LogP contribution in [0.1, 0.15) is 41.5 Å². The van der Waals surface area contributed by atoms with Gasteiger partial charge in [0.05, 0.1) is 29.3 Å². The summed E-state index contributed by atoms with van der Waals surface area (Å²) in [6, 6.07) is 0.805. The fourth-order valence-corrected chi connectivity index (χ4v) is 3.66. The molecule has 0 aliphatic carbocycles. The first-order valence-corrected chi connectivity index (χ1v) is 9.20. The number of aromatic nitrogens is 2. The number of ether oxygens (including phenoxy) is 1. The van der Waals surface area contributed by atoms with E-state index < -0.39 is 17.6 Å². The van der Waals surface area contributed by atoms with Gasteiger partial charge in [0.2, 0.25) is 0 Å². The molecule has 2 aromatic rings. The van der Waals surface area contributed by atoms with Crippen LogP contribution in [0.5, 0.6) is 0 Å². The number of pyridine rings is 1. The van der Waals surface area contributed by atoms with E-state index in [0.29, 0.717) is 38.0 Å². The van der Waals surface area contributed by atoms with E-state index >= 15 is 0 Å². The fraction of sp³-hybridized carbons (Fsp3) is 0.500. The second-order valence-electron chi connectivity index (χ2n) is 6.62. The zero-order chi connectivity index (χ0) is 20.6. The first-order valence-electron chi connectivity index (χ1n) is 8.82. The lowest BCUT2D eigenvalue weighted by Crippen LogP contribution is -2.41. The van der Waals surface area contributed by atoms with Crippen molar-refractivity contribution in [1.29, 1.82) is 0 Å². The third-order valence-electron chi connectivity index (χ3n) is 4.93. The van der Waals surface area contributed by atoms with Crippen LogP contribution in [-0.4, -0.2) is 46.4 Å². The Morgan fingerprint density at radius 3 is 2.50 bits per heavy atom. The molecule has 28 heavy (non-hydrogen) atoms. The minimum absolute atomic E-state index is 0.0713. The quantitative estimate of drug-likeness (QED) is 0.716. The highest BCUT2D eigenvalue weighted by atomic mass is 35.5. The van der Waals surface area contributed by atoms with Crippen LogP contribution in [0.3, 0.4) is 0 Å². The molecule has 1 amide bonds. The zero-order valence-corrected chi connectivity index (χ0v) is 16.1. The summed E-state index contributed by atoms with van der Waals surface area (Å²) in [4.78, 5) is 30.5. The maximum Gasteiger partial charge on any atom is 0.417 e. The average molecular weight is 418 g/mol. The lowest BCUT2D eigenvalue weighted by atomic mass is 9.96. The molecule has 1 saturated heterocycles. The minimum Gasteiger partial charge on any atom is -0.469 e. The number of hydrogen-bond donors (Lipinski definition) is 0. The molecule has 1 aliphatic rings. The van der Waals surface area contributed by atoms with Crippen molar-refractivity contribution >= 4 is 29.1 Å². The van der Waals surface area contributed by atoms with E-state index in [1.807, 2.05) is 0 Å². The van der Waals surface area contributed by atoms with E-state index in [1.54, 1.807) is 6.92 Å².